The Hall–Kier alpha value is -0.860. The van der Waals surface area contributed by atoms with Gasteiger partial charge in [-0.25, -0.2) is 8.42 Å². The molecule has 2 fully saturated rings. The van der Waals surface area contributed by atoms with E-state index in [1.807, 2.05) is 6.92 Å². The first-order valence-electron chi connectivity index (χ1n) is 8.79. The van der Waals surface area contributed by atoms with Crippen molar-refractivity contribution in [2.24, 2.45) is 5.92 Å². The molecule has 2 amide bonds. The van der Waals surface area contributed by atoms with Gasteiger partial charge in [0.05, 0.1) is 5.92 Å². The third-order valence-corrected chi connectivity index (χ3v) is 7.14. The number of sulfone groups is 1. The average Bonchev–Trinajstić information content (AvgIpc) is 2.58. The third-order valence-electron chi connectivity index (χ3n) is 5.14. The van der Waals surface area contributed by atoms with E-state index >= 15 is 0 Å². The van der Waals surface area contributed by atoms with Crippen LogP contribution in [0.3, 0.4) is 0 Å². The van der Waals surface area contributed by atoms with Crippen molar-refractivity contribution in [1.82, 2.24) is 15.5 Å². The molecule has 0 aliphatic carbocycles. The summed E-state index contributed by atoms with van der Waals surface area (Å²) >= 11 is 0. The molecule has 0 saturated carbocycles. The topological polar surface area (TPSA) is 95.6 Å². The summed E-state index contributed by atoms with van der Waals surface area (Å²) in [7, 11) is -3.52. The maximum Gasteiger partial charge on any atom is 0.244 e. The number of carbonyl (C=O) groups is 2. The molecule has 0 aromatic rings. The van der Waals surface area contributed by atoms with Crippen LogP contribution >= 0.6 is 12.4 Å². The summed E-state index contributed by atoms with van der Waals surface area (Å²) in [6.07, 6.45) is 4.10. The van der Waals surface area contributed by atoms with Crippen LogP contribution in [0.1, 0.15) is 39.0 Å². The molecule has 146 valence electrons. The van der Waals surface area contributed by atoms with Gasteiger partial charge in [0.15, 0.2) is 14.6 Å². The molecule has 1 unspecified atom stereocenters. The number of hydrogen-bond acceptors (Lipinski definition) is 5. The Morgan fingerprint density at radius 2 is 1.92 bits per heavy atom. The van der Waals surface area contributed by atoms with Gasteiger partial charge in [-0.2, -0.15) is 0 Å². The van der Waals surface area contributed by atoms with E-state index in [-0.39, 0.29) is 30.1 Å². The zero-order valence-corrected chi connectivity index (χ0v) is 16.7. The number of halogens is 1. The Morgan fingerprint density at radius 1 is 1.28 bits per heavy atom. The number of rotatable bonds is 5. The minimum atomic E-state index is -3.52. The summed E-state index contributed by atoms with van der Waals surface area (Å²) in [5, 5.41) is 6.00. The summed E-state index contributed by atoms with van der Waals surface area (Å²) in [5.41, 5.74) is 0. The first-order valence-corrected chi connectivity index (χ1v) is 10.7. The summed E-state index contributed by atoms with van der Waals surface area (Å²) in [6.45, 7) is 4.51. The van der Waals surface area contributed by atoms with Gasteiger partial charge in [0.2, 0.25) is 11.8 Å². The monoisotopic (exact) mass is 395 g/mol. The van der Waals surface area contributed by atoms with E-state index in [4.69, 9.17) is 0 Å². The van der Waals surface area contributed by atoms with Crippen LogP contribution in [0.25, 0.3) is 0 Å². The van der Waals surface area contributed by atoms with E-state index in [9.17, 15) is 18.0 Å². The van der Waals surface area contributed by atoms with Crippen molar-refractivity contribution in [2.45, 2.75) is 43.8 Å². The Balaban J connectivity index is 0.00000312. The molecule has 9 heteroatoms. The van der Waals surface area contributed by atoms with Crippen LogP contribution in [0.2, 0.25) is 0 Å². The predicted molar refractivity (Wildman–Crippen MR) is 99.5 cm³/mol. The minimum Gasteiger partial charge on any atom is -0.356 e. The summed E-state index contributed by atoms with van der Waals surface area (Å²) < 4.78 is 23.5. The second kappa shape index (κ2) is 9.19. The van der Waals surface area contributed by atoms with Gasteiger partial charge in [-0.1, -0.05) is 6.92 Å². The Labute approximate surface area is 156 Å². The predicted octanol–water partition coefficient (Wildman–Crippen LogP) is 0.340. The molecule has 7 nitrogen and oxygen atoms in total. The van der Waals surface area contributed by atoms with Crippen molar-refractivity contribution < 1.29 is 18.0 Å². The molecular weight excluding hydrogens is 366 g/mol. The molecule has 2 saturated heterocycles. The number of nitrogens with one attached hydrogen (secondary N) is 2. The van der Waals surface area contributed by atoms with E-state index in [0.29, 0.717) is 45.6 Å². The van der Waals surface area contributed by atoms with E-state index in [1.165, 1.54) is 0 Å². The first-order chi connectivity index (χ1) is 11.3. The van der Waals surface area contributed by atoms with Crippen LogP contribution in [0.15, 0.2) is 0 Å². The zero-order valence-electron chi connectivity index (χ0n) is 15.0. The first kappa shape index (κ1) is 22.2. The van der Waals surface area contributed by atoms with Crippen molar-refractivity contribution in [2.75, 3.05) is 39.0 Å². The fraction of sp³-hybridized carbons (Fsp3) is 0.875. The van der Waals surface area contributed by atoms with Crippen LogP contribution in [0.5, 0.6) is 0 Å². The van der Waals surface area contributed by atoms with E-state index in [2.05, 4.69) is 10.6 Å². The molecule has 2 aliphatic rings. The molecule has 2 rings (SSSR count). The maximum absolute atomic E-state index is 13.1. The molecule has 0 aromatic carbocycles. The smallest absolute Gasteiger partial charge is 0.244 e. The van der Waals surface area contributed by atoms with Crippen LogP contribution in [-0.4, -0.2) is 68.9 Å². The number of likely N-dealkylation sites (tertiary alicyclic amines) is 1. The van der Waals surface area contributed by atoms with Crippen molar-refractivity contribution in [3.05, 3.63) is 0 Å². The van der Waals surface area contributed by atoms with Gasteiger partial charge in [0.25, 0.3) is 0 Å². The summed E-state index contributed by atoms with van der Waals surface area (Å²) in [6, 6.07) is 0. The lowest BCUT2D eigenvalue weighted by atomic mass is 9.91. The molecule has 1 atom stereocenters. The van der Waals surface area contributed by atoms with Crippen molar-refractivity contribution in [1.29, 1.82) is 0 Å². The van der Waals surface area contributed by atoms with Gasteiger partial charge in [0, 0.05) is 25.9 Å². The molecule has 0 aromatic heterocycles. The van der Waals surface area contributed by atoms with Crippen LogP contribution in [0.4, 0.5) is 0 Å². The highest BCUT2D eigenvalue weighted by atomic mass is 35.5. The highest BCUT2D eigenvalue weighted by Gasteiger charge is 2.51. The van der Waals surface area contributed by atoms with Crippen LogP contribution < -0.4 is 10.6 Å². The highest BCUT2D eigenvalue weighted by Crippen LogP contribution is 2.32. The van der Waals surface area contributed by atoms with E-state index < -0.39 is 14.6 Å². The van der Waals surface area contributed by atoms with Crippen LogP contribution in [0, 0.1) is 5.92 Å². The molecule has 2 aliphatic heterocycles. The highest BCUT2D eigenvalue weighted by molar-refractivity contribution is 7.92. The molecule has 0 bridgehead atoms. The van der Waals surface area contributed by atoms with Gasteiger partial charge in [-0.15, -0.1) is 12.4 Å². The molecule has 0 radical (unpaired) electrons. The summed E-state index contributed by atoms with van der Waals surface area (Å²) in [5.74, 6) is -0.597. The fourth-order valence-electron chi connectivity index (χ4n) is 3.63. The zero-order chi connectivity index (χ0) is 17.8. The lowest BCUT2D eigenvalue weighted by molar-refractivity contribution is -0.138. The minimum absolute atomic E-state index is 0. The molecule has 25 heavy (non-hydrogen) atoms. The Bertz CT molecular complexity index is 576. The fourth-order valence-corrected chi connectivity index (χ4v) is 5.02. The normalized spacial score (nSPS) is 23.4. The Kier molecular flexibility index (Phi) is 8.15. The maximum atomic E-state index is 13.1. The molecule has 2 N–H and O–H groups in total. The van der Waals surface area contributed by atoms with Crippen LogP contribution in [-0.2, 0) is 19.4 Å². The lowest BCUT2D eigenvalue weighted by Gasteiger charge is -2.41. The number of carbonyl (C=O) groups excluding carboxylic acids is 2. The van der Waals surface area contributed by atoms with Crippen molar-refractivity contribution in [3.8, 4) is 0 Å². The molecule has 2 heterocycles. The molecule has 0 spiro atoms. The Morgan fingerprint density at radius 3 is 2.48 bits per heavy atom. The van der Waals surface area contributed by atoms with Gasteiger partial charge in [0.1, 0.15) is 0 Å². The summed E-state index contributed by atoms with van der Waals surface area (Å²) in [4.78, 5) is 26.9. The standard InChI is InChI=1S/C16H29N3O4S.ClH/c1-3-8-18-14(20)13-5-4-11-19(12-13)15(21)16(24(2,22)23)6-9-17-10-7-16;/h13,17H,3-12H2,1-2H3,(H,18,20);1H. The van der Waals surface area contributed by atoms with Gasteiger partial charge < -0.3 is 15.5 Å². The van der Waals surface area contributed by atoms with Gasteiger partial charge in [-0.05, 0) is 45.2 Å². The van der Waals surface area contributed by atoms with Crippen molar-refractivity contribution in [3.63, 3.8) is 0 Å². The van der Waals surface area contributed by atoms with E-state index in [0.717, 1.165) is 25.5 Å². The van der Waals surface area contributed by atoms with Crippen molar-refractivity contribution >= 4 is 34.1 Å². The SMILES string of the molecule is CCCNC(=O)C1CCCN(C(=O)C2(S(C)(=O)=O)CCNCC2)C1.Cl. The largest absolute Gasteiger partial charge is 0.356 e. The third kappa shape index (κ3) is 4.86. The quantitative estimate of drug-likeness (QED) is 0.699. The van der Waals surface area contributed by atoms with Gasteiger partial charge in [-0.3, -0.25) is 9.59 Å². The number of hydrogen-bond donors (Lipinski definition) is 2. The number of amides is 2. The second-order valence-corrected chi connectivity index (χ2v) is 9.22. The average molecular weight is 396 g/mol. The lowest BCUT2D eigenvalue weighted by Crippen LogP contribution is -2.60. The second-order valence-electron chi connectivity index (χ2n) is 6.90. The van der Waals surface area contributed by atoms with E-state index in [1.54, 1.807) is 4.90 Å². The van der Waals surface area contributed by atoms with Gasteiger partial charge >= 0.3 is 0 Å². The number of piperidine rings is 2. The molecular formula is C16H30ClN3O4S. The number of nitrogens with zero attached hydrogens (tertiary/aromatic N) is 1.